The number of hydrogen-bond acceptors (Lipinski definition) is 5. The molecule has 156 valence electrons. The van der Waals surface area contributed by atoms with Gasteiger partial charge in [-0.05, 0) is 45.0 Å². The van der Waals surface area contributed by atoms with Crippen LogP contribution in [-0.2, 0) is 15.1 Å². The quantitative estimate of drug-likeness (QED) is 0.780. The second kappa shape index (κ2) is 7.09. The maximum atomic E-state index is 14.0. The summed E-state index contributed by atoms with van der Waals surface area (Å²) in [5, 5.41) is 2.83. The van der Waals surface area contributed by atoms with Gasteiger partial charge in [0.25, 0.3) is 5.91 Å². The number of likely N-dealkylation sites (tertiary alicyclic amines) is 1. The number of benzene rings is 1. The van der Waals surface area contributed by atoms with Crippen molar-refractivity contribution in [1.82, 2.24) is 15.1 Å². The van der Waals surface area contributed by atoms with Crippen LogP contribution in [0.15, 0.2) is 18.2 Å². The number of rotatable bonds is 4. The Morgan fingerprint density at radius 3 is 2.59 bits per heavy atom. The standard InChI is InChI=1S/C21H26FN3O4/c1-20(2)13-21(16-12-14(22)4-5-17(16)29-20)18(27)25(19(28)23-21)9-3-8-24-10-6-15(26)7-11-24/h4-5,12H,3,6-11,13H2,1-2H3,(H,23,28). The third-order valence-corrected chi connectivity index (χ3v) is 5.92. The van der Waals surface area contributed by atoms with Crippen molar-refractivity contribution in [3.05, 3.63) is 29.6 Å². The average Bonchev–Trinajstić information content (AvgIpc) is 2.88. The Morgan fingerprint density at radius 1 is 1.14 bits per heavy atom. The summed E-state index contributed by atoms with van der Waals surface area (Å²) in [6.45, 7) is 6.14. The van der Waals surface area contributed by atoms with Crippen LogP contribution in [0.25, 0.3) is 0 Å². The maximum absolute atomic E-state index is 14.0. The van der Waals surface area contributed by atoms with E-state index in [0.29, 0.717) is 30.6 Å². The zero-order valence-corrected chi connectivity index (χ0v) is 16.8. The van der Waals surface area contributed by atoms with Gasteiger partial charge in [-0.25, -0.2) is 9.18 Å². The zero-order valence-electron chi connectivity index (χ0n) is 16.8. The molecular weight excluding hydrogens is 377 g/mol. The second-order valence-electron chi connectivity index (χ2n) is 8.71. The Labute approximate surface area is 169 Å². The van der Waals surface area contributed by atoms with E-state index in [-0.39, 0.29) is 24.7 Å². The zero-order chi connectivity index (χ0) is 20.8. The summed E-state index contributed by atoms with van der Waals surface area (Å²) in [6.07, 6.45) is 1.97. The molecule has 1 atom stereocenters. The summed E-state index contributed by atoms with van der Waals surface area (Å²) < 4.78 is 19.9. The van der Waals surface area contributed by atoms with Crippen LogP contribution < -0.4 is 10.1 Å². The van der Waals surface area contributed by atoms with E-state index in [2.05, 4.69) is 10.2 Å². The molecule has 1 unspecified atom stereocenters. The number of ketones is 1. The fraction of sp³-hybridized carbons (Fsp3) is 0.571. The number of nitrogens with zero attached hydrogens (tertiary/aromatic N) is 2. The van der Waals surface area contributed by atoms with Crippen LogP contribution in [0.5, 0.6) is 5.75 Å². The first-order valence-electron chi connectivity index (χ1n) is 10.1. The van der Waals surface area contributed by atoms with Gasteiger partial charge in [0.1, 0.15) is 23.0 Å². The van der Waals surface area contributed by atoms with Crippen LogP contribution in [0.4, 0.5) is 9.18 Å². The molecule has 0 radical (unpaired) electrons. The average molecular weight is 403 g/mol. The maximum Gasteiger partial charge on any atom is 0.325 e. The van der Waals surface area contributed by atoms with Gasteiger partial charge in [0, 0.05) is 44.5 Å². The van der Waals surface area contributed by atoms with E-state index in [4.69, 9.17) is 4.74 Å². The molecular formula is C21H26FN3O4. The van der Waals surface area contributed by atoms with Crippen LogP contribution in [0.2, 0.25) is 0 Å². The summed E-state index contributed by atoms with van der Waals surface area (Å²) in [5.41, 5.74) is -1.63. The molecule has 1 N–H and O–H groups in total. The number of carbonyl (C=O) groups is 3. The molecule has 0 saturated carbocycles. The van der Waals surface area contributed by atoms with Gasteiger partial charge >= 0.3 is 6.03 Å². The monoisotopic (exact) mass is 403 g/mol. The molecule has 0 aliphatic carbocycles. The fourth-order valence-corrected chi connectivity index (χ4v) is 4.60. The summed E-state index contributed by atoms with van der Waals surface area (Å²) in [5.74, 6) is -0.146. The van der Waals surface area contributed by atoms with Gasteiger partial charge in [0.15, 0.2) is 5.54 Å². The minimum Gasteiger partial charge on any atom is -0.487 e. The molecule has 1 aromatic carbocycles. The van der Waals surface area contributed by atoms with Gasteiger partial charge in [-0.2, -0.15) is 0 Å². The Kier molecular flexibility index (Phi) is 4.85. The number of Topliss-reactive ketones (excluding diaryl/α,β-unsaturated/α-hetero) is 1. The summed E-state index contributed by atoms with van der Waals surface area (Å²) in [6, 6.07) is 3.61. The normalized spacial score (nSPS) is 26.4. The van der Waals surface area contributed by atoms with Crippen LogP contribution in [-0.4, -0.2) is 59.3 Å². The molecule has 2 saturated heterocycles. The summed E-state index contributed by atoms with van der Waals surface area (Å²) >= 11 is 0. The van der Waals surface area contributed by atoms with Crippen molar-refractivity contribution in [3.63, 3.8) is 0 Å². The summed E-state index contributed by atoms with van der Waals surface area (Å²) in [7, 11) is 0. The smallest absolute Gasteiger partial charge is 0.325 e. The second-order valence-corrected chi connectivity index (χ2v) is 8.71. The van der Waals surface area contributed by atoms with Gasteiger partial charge < -0.3 is 15.0 Å². The number of halogens is 1. The van der Waals surface area contributed by atoms with E-state index in [9.17, 15) is 18.8 Å². The van der Waals surface area contributed by atoms with Crippen molar-refractivity contribution in [1.29, 1.82) is 0 Å². The molecule has 0 aromatic heterocycles. The van der Waals surface area contributed by atoms with E-state index in [1.165, 1.54) is 23.1 Å². The van der Waals surface area contributed by atoms with Crippen LogP contribution in [0.1, 0.15) is 45.1 Å². The van der Waals surface area contributed by atoms with Crippen molar-refractivity contribution in [3.8, 4) is 5.75 Å². The molecule has 3 aliphatic rings. The minimum absolute atomic E-state index is 0.228. The molecule has 3 amide bonds. The molecule has 8 heteroatoms. The lowest BCUT2D eigenvalue weighted by Gasteiger charge is -2.42. The van der Waals surface area contributed by atoms with Crippen molar-refractivity contribution in [2.75, 3.05) is 26.2 Å². The van der Waals surface area contributed by atoms with Crippen molar-refractivity contribution in [2.24, 2.45) is 0 Å². The fourth-order valence-electron chi connectivity index (χ4n) is 4.60. The SMILES string of the molecule is CC1(C)CC2(NC(=O)N(CCCN3CCC(=O)CC3)C2=O)c2cc(F)ccc2O1. The molecule has 29 heavy (non-hydrogen) atoms. The number of amides is 3. The third-order valence-electron chi connectivity index (χ3n) is 5.92. The Morgan fingerprint density at radius 2 is 1.86 bits per heavy atom. The molecule has 3 heterocycles. The van der Waals surface area contributed by atoms with Gasteiger partial charge in [-0.3, -0.25) is 14.5 Å². The third kappa shape index (κ3) is 3.61. The molecule has 3 aliphatic heterocycles. The highest BCUT2D eigenvalue weighted by molar-refractivity contribution is 6.08. The van der Waals surface area contributed by atoms with Gasteiger partial charge in [-0.1, -0.05) is 0 Å². The lowest BCUT2D eigenvalue weighted by atomic mass is 9.77. The van der Waals surface area contributed by atoms with E-state index >= 15 is 0 Å². The molecule has 4 rings (SSSR count). The lowest BCUT2D eigenvalue weighted by molar-refractivity contribution is -0.134. The number of nitrogens with one attached hydrogen (secondary N) is 1. The topological polar surface area (TPSA) is 79.0 Å². The summed E-state index contributed by atoms with van der Waals surface area (Å²) in [4.78, 5) is 40.8. The van der Waals surface area contributed by atoms with E-state index in [1.807, 2.05) is 13.8 Å². The number of imide groups is 1. The lowest BCUT2D eigenvalue weighted by Crippen LogP contribution is -2.53. The Balaban J connectivity index is 1.51. The largest absolute Gasteiger partial charge is 0.487 e. The van der Waals surface area contributed by atoms with Crippen LogP contribution in [0, 0.1) is 5.82 Å². The van der Waals surface area contributed by atoms with Gasteiger partial charge in [0.2, 0.25) is 0 Å². The van der Waals surface area contributed by atoms with Crippen molar-refractivity contribution >= 4 is 17.7 Å². The van der Waals surface area contributed by atoms with Gasteiger partial charge in [-0.15, -0.1) is 0 Å². The highest BCUT2D eigenvalue weighted by atomic mass is 19.1. The van der Waals surface area contributed by atoms with Crippen molar-refractivity contribution in [2.45, 2.75) is 50.7 Å². The number of urea groups is 1. The number of hydrogen-bond donors (Lipinski definition) is 1. The number of fused-ring (bicyclic) bond motifs is 2. The first kappa shape index (κ1) is 19.8. The molecule has 0 bridgehead atoms. The van der Waals surface area contributed by atoms with E-state index in [0.717, 1.165) is 19.6 Å². The molecule has 2 fully saturated rings. The van der Waals surface area contributed by atoms with E-state index in [1.54, 1.807) is 0 Å². The van der Waals surface area contributed by atoms with Crippen molar-refractivity contribution < 1.29 is 23.5 Å². The Bertz CT molecular complexity index is 861. The highest BCUT2D eigenvalue weighted by Gasteiger charge is 2.58. The van der Waals surface area contributed by atoms with E-state index < -0.39 is 23.0 Å². The first-order valence-corrected chi connectivity index (χ1v) is 10.1. The molecule has 1 spiro atoms. The van der Waals surface area contributed by atoms with Crippen LogP contribution >= 0.6 is 0 Å². The highest BCUT2D eigenvalue weighted by Crippen LogP contribution is 2.46. The van der Waals surface area contributed by atoms with Crippen LogP contribution in [0.3, 0.4) is 0 Å². The predicted octanol–water partition coefficient (Wildman–Crippen LogP) is 2.19. The first-order chi connectivity index (χ1) is 13.7. The predicted molar refractivity (Wildman–Crippen MR) is 103 cm³/mol. The molecule has 7 nitrogen and oxygen atoms in total. The molecule has 1 aromatic rings. The Hall–Kier alpha value is -2.48. The van der Waals surface area contributed by atoms with Gasteiger partial charge in [0.05, 0.1) is 0 Å². The number of carbonyl (C=O) groups excluding carboxylic acids is 3. The number of ether oxygens (including phenoxy) is 1. The minimum atomic E-state index is -1.31. The number of piperidine rings is 1.